The molecule has 2 nitrogen and oxygen atoms in total. The molecule has 0 bridgehead atoms. The van der Waals surface area contributed by atoms with Gasteiger partial charge in [-0.05, 0) is 45.2 Å². The molecule has 21 heavy (non-hydrogen) atoms. The predicted molar refractivity (Wildman–Crippen MR) is 93.6 cm³/mol. The molecule has 120 valence electrons. The number of nitrogens with zero attached hydrogens (tertiary/aromatic N) is 1. The molecule has 1 rings (SSSR count). The maximum atomic E-state index is 3.75. The van der Waals surface area contributed by atoms with E-state index in [1.165, 1.54) is 12.0 Å². The van der Waals surface area contributed by atoms with Crippen molar-refractivity contribution in [3.05, 3.63) is 35.9 Å². The molecule has 1 N–H and O–H groups in total. The zero-order valence-corrected chi connectivity index (χ0v) is 14.8. The molecule has 0 aromatic heterocycles. The molecule has 0 amide bonds. The lowest BCUT2D eigenvalue weighted by atomic mass is 9.97. The Labute approximate surface area is 131 Å². The first-order chi connectivity index (χ1) is 9.97. The molecule has 0 aliphatic rings. The van der Waals surface area contributed by atoms with E-state index in [2.05, 4.69) is 82.1 Å². The second-order valence-electron chi connectivity index (χ2n) is 6.77. The molecular weight excluding hydrogens is 256 g/mol. The molecule has 1 aromatic rings. The molecular formula is C19H34N2. The third-order valence-electron chi connectivity index (χ3n) is 4.02. The monoisotopic (exact) mass is 290 g/mol. The van der Waals surface area contributed by atoms with Gasteiger partial charge in [-0.25, -0.2) is 0 Å². The lowest BCUT2D eigenvalue weighted by Crippen LogP contribution is -2.47. The average Bonchev–Trinajstić information content (AvgIpc) is 2.45. The lowest BCUT2D eigenvalue weighted by Gasteiger charge is -2.39. The van der Waals surface area contributed by atoms with Gasteiger partial charge in [0, 0.05) is 24.7 Å². The number of benzene rings is 1. The smallest absolute Gasteiger partial charge is 0.0475 e. The number of hydrogen-bond acceptors (Lipinski definition) is 2. The van der Waals surface area contributed by atoms with E-state index in [4.69, 9.17) is 0 Å². The molecule has 0 spiro atoms. The van der Waals surface area contributed by atoms with E-state index in [0.717, 1.165) is 13.1 Å². The minimum Gasteiger partial charge on any atom is -0.309 e. The first kappa shape index (κ1) is 18.2. The molecule has 0 saturated heterocycles. The first-order valence-corrected chi connectivity index (χ1v) is 8.51. The van der Waals surface area contributed by atoms with E-state index in [9.17, 15) is 0 Å². The fourth-order valence-electron chi connectivity index (χ4n) is 2.99. The molecule has 2 unspecified atom stereocenters. The van der Waals surface area contributed by atoms with Crippen LogP contribution in [0.1, 0.15) is 59.6 Å². The van der Waals surface area contributed by atoms with Crippen LogP contribution >= 0.6 is 0 Å². The maximum Gasteiger partial charge on any atom is 0.0475 e. The van der Waals surface area contributed by atoms with Gasteiger partial charge >= 0.3 is 0 Å². The van der Waals surface area contributed by atoms with Gasteiger partial charge in [-0.15, -0.1) is 0 Å². The minimum atomic E-state index is 0.396. The Balaban J connectivity index is 2.94. The summed E-state index contributed by atoms with van der Waals surface area (Å²) in [7, 11) is 0. The van der Waals surface area contributed by atoms with E-state index >= 15 is 0 Å². The van der Waals surface area contributed by atoms with Crippen molar-refractivity contribution in [3.63, 3.8) is 0 Å². The lowest BCUT2D eigenvalue weighted by molar-refractivity contribution is 0.116. The summed E-state index contributed by atoms with van der Waals surface area (Å²) in [6.07, 6.45) is 1.17. The molecule has 2 atom stereocenters. The second-order valence-corrected chi connectivity index (χ2v) is 6.77. The Morgan fingerprint density at radius 1 is 1.00 bits per heavy atom. The minimum absolute atomic E-state index is 0.396. The van der Waals surface area contributed by atoms with Crippen LogP contribution in [0, 0.1) is 5.92 Å². The summed E-state index contributed by atoms with van der Waals surface area (Å²) >= 11 is 0. The summed E-state index contributed by atoms with van der Waals surface area (Å²) in [5.41, 5.74) is 1.40. The van der Waals surface area contributed by atoms with Crippen LogP contribution < -0.4 is 5.32 Å². The molecule has 0 heterocycles. The molecule has 0 fully saturated rings. The highest BCUT2D eigenvalue weighted by molar-refractivity contribution is 5.20. The van der Waals surface area contributed by atoms with Crippen LogP contribution in [0.25, 0.3) is 0 Å². The highest BCUT2D eigenvalue weighted by atomic mass is 15.2. The van der Waals surface area contributed by atoms with Crippen molar-refractivity contribution in [2.45, 2.75) is 66.1 Å². The van der Waals surface area contributed by atoms with Gasteiger partial charge < -0.3 is 5.32 Å². The average molecular weight is 290 g/mol. The molecule has 0 radical (unpaired) electrons. The van der Waals surface area contributed by atoms with Crippen LogP contribution in [0.3, 0.4) is 0 Å². The Kier molecular flexibility index (Phi) is 7.98. The van der Waals surface area contributed by atoms with Crippen LogP contribution in [0.5, 0.6) is 0 Å². The van der Waals surface area contributed by atoms with Crippen molar-refractivity contribution in [2.75, 3.05) is 13.1 Å². The van der Waals surface area contributed by atoms with Gasteiger partial charge in [0.15, 0.2) is 0 Å². The maximum absolute atomic E-state index is 3.75. The van der Waals surface area contributed by atoms with E-state index in [1.807, 2.05) is 0 Å². The number of rotatable bonds is 9. The highest BCUT2D eigenvalue weighted by Gasteiger charge is 2.26. The summed E-state index contributed by atoms with van der Waals surface area (Å²) in [6.45, 7) is 16.0. The van der Waals surface area contributed by atoms with E-state index in [0.29, 0.717) is 24.0 Å². The summed E-state index contributed by atoms with van der Waals surface area (Å²) < 4.78 is 0. The molecule has 0 saturated carbocycles. The van der Waals surface area contributed by atoms with Gasteiger partial charge in [0.1, 0.15) is 0 Å². The second kappa shape index (κ2) is 9.22. The summed E-state index contributed by atoms with van der Waals surface area (Å²) in [5.74, 6) is 0.692. The Morgan fingerprint density at radius 2 is 1.62 bits per heavy atom. The van der Waals surface area contributed by atoms with Crippen LogP contribution in [-0.2, 0) is 0 Å². The molecule has 0 aliphatic heterocycles. The van der Waals surface area contributed by atoms with Crippen LogP contribution in [0.4, 0.5) is 0 Å². The molecule has 1 aromatic carbocycles. The zero-order chi connectivity index (χ0) is 15.8. The topological polar surface area (TPSA) is 15.3 Å². The molecule has 2 heteroatoms. The predicted octanol–water partition coefficient (Wildman–Crippen LogP) is 4.48. The SMILES string of the molecule is CCCNC(c1ccccc1)C(C)N(CC(C)C)C(C)C. The zero-order valence-electron chi connectivity index (χ0n) is 14.8. The summed E-state index contributed by atoms with van der Waals surface area (Å²) in [6, 6.07) is 12.3. The molecule has 0 aliphatic carbocycles. The van der Waals surface area contributed by atoms with Gasteiger partial charge in [-0.1, -0.05) is 51.1 Å². The summed E-state index contributed by atoms with van der Waals surface area (Å²) in [4.78, 5) is 2.63. The van der Waals surface area contributed by atoms with Gasteiger partial charge in [-0.3, -0.25) is 4.90 Å². The fraction of sp³-hybridized carbons (Fsp3) is 0.684. The van der Waals surface area contributed by atoms with Crippen LogP contribution in [0.2, 0.25) is 0 Å². The van der Waals surface area contributed by atoms with Crippen molar-refractivity contribution < 1.29 is 0 Å². The van der Waals surface area contributed by atoms with Crippen molar-refractivity contribution in [1.29, 1.82) is 0 Å². The first-order valence-electron chi connectivity index (χ1n) is 8.51. The normalized spacial score (nSPS) is 14.9. The van der Waals surface area contributed by atoms with Crippen molar-refractivity contribution in [2.24, 2.45) is 5.92 Å². The summed E-state index contributed by atoms with van der Waals surface area (Å²) in [5, 5.41) is 3.75. The quantitative estimate of drug-likeness (QED) is 0.721. The van der Waals surface area contributed by atoms with Gasteiger partial charge in [0.25, 0.3) is 0 Å². The largest absolute Gasteiger partial charge is 0.309 e. The van der Waals surface area contributed by atoms with Crippen molar-refractivity contribution >= 4 is 0 Å². The highest BCUT2D eigenvalue weighted by Crippen LogP contribution is 2.23. The number of nitrogens with one attached hydrogen (secondary N) is 1. The van der Waals surface area contributed by atoms with Gasteiger partial charge in [0.05, 0.1) is 0 Å². The fourth-order valence-corrected chi connectivity index (χ4v) is 2.99. The number of hydrogen-bond donors (Lipinski definition) is 1. The Hall–Kier alpha value is -0.860. The standard InChI is InChI=1S/C19H34N2/c1-7-13-20-19(18-11-9-8-10-12-18)17(6)21(16(4)5)14-15(2)3/h8-12,15-17,19-20H,7,13-14H2,1-6H3. The third kappa shape index (κ3) is 5.80. The van der Waals surface area contributed by atoms with Crippen LogP contribution in [0.15, 0.2) is 30.3 Å². The van der Waals surface area contributed by atoms with Crippen LogP contribution in [-0.4, -0.2) is 30.1 Å². The van der Waals surface area contributed by atoms with E-state index in [-0.39, 0.29) is 0 Å². The third-order valence-corrected chi connectivity index (χ3v) is 4.02. The van der Waals surface area contributed by atoms with Gasteiger partial charge in [0.2, 0.25) is 0 Å². The van der Waals surface area contributed by atoms with Crippen molar-refractivity contribution in [1.82, 2.24) is 10.2 Å². The van der Waals surface area contributed by atoms with E-state index in [1.54, 1.807) is 0 Å². The Bertz CT molecular complexity index is 372. The van der Waals surface area contributed by atoms with E-state index < -0.39 is 0 Å². The van der Waals surface area contributed by atoms with Crippen molar-refractivity contribution in [3.8, 4) is 0 Å². The van der Waals surface area contributed by atoms with Gasteiger partial charge in [-0.2, -0.15) is 0 Å². The Morgan fingerprint density at radius 3 is 2.10 bits per heavy atom.